The average Bonchev–Trinajstić information content (AvgIpc) is 2.60. The fraction of sp³-hybridized carbons (Fsp3) is 0.238. The van der Waals surface area contributed by atoms with E-state index in [1.807, 2.05) is 42.5 Å². The molecule has 0 aromatic heterocycles. The van der Waals surface area contributed by atoms with Crippen molar-refractivity contribution in [3.63, 3.8) is 0 Å². The van der Waals surface area contributed by atoms with E-state index in [-0.39, 0.29) is 11.5 Å². The Morgan fingerprint density at radius 3 is 2.79 bits per heavy atom. The third-order valence-corrected chi connectivity index (χ3v) is 4.32. The van der Waals surface area contributed by atoms with Crippen LogP contribution in [0.15, 0.2) is 71.4 Å². The van der Waals surface area contributed by atoms with Gasteiger partial charge in [0.1, 0.15) is 5.76 Å². The van der Waals surface area contributed by atoms with Gasteiger partial charge in [0.15, 0.2) is 5.78 Å². The Balaban J connectivity index is 2.01. The van der Waals surface area contributed by atoms with E-state index in [0.29, 0.717) is 30.7 Å². The van der Waals surface area contributed by atoms with Crippen LogP contribution in [0.1, 0.15) is 24.8 Å². The molecule has 0 radical (unpaired) electrons. The van der Waals surface area contributed by atoms with Crippen LogP contribution in [0.2, 0.25) is 0 Å². The Hall–Kier alpha value is -2.68. The van der Waals surface area contributed by atoms with Crippen LogP contribution >= 0.6 is 0 Å². The van der Waals surface area contributed by atoms with Crippen LogP contribution in [0, 0.1) is 0 Å². The number of aliphatic imine (C=N–C) groups is 1. The molecule has 0 heterocycles. The molecule has 1 aliphatic carbocycles. The molecule has 0 bridgehead atoms. The third kappa shape index (κ3) is 3.30. The summed E-state index contributed by atoms with van der Waals surface area (Å²) >= 11 is 0. The molecular formula is C21H21NO2. The number of carbonyl (C=O) groups is 1. The van der Waals surface area contributed by atoms with Gasteiger partial charge >= 0.3 is 0 Å². The predicted octanol–water partition coefficient (Wildman–Crippen LogP) is 4.57. The fourth-order valence-electron chi connectivity index (χ4n) is 3.20. The van der Waals surface area contributed by atoms with E-state index < -0.39 is 0 Å². The highest BCUT2D eigenvalue weighted by molar-refractivity contribution is 6.24. The molecule has 24 heavy (non-hydrogen) atoms. The number of hydrogen-bond acceptors (Lipinski definition) is 3. The van der Waals surface area contributed by atoms with Crippen LogP contribution in [0.4, 0.5) is 0 Å². The molecule has 0 amide bonds. The van der Waals surface area contributed by atoms with Gasteiger partial charge in [0, 0.05) is 18.6 Å². The summed E-state index contributed by atoms with van der Waals surface area (Å²) in [6.07, 6.45) is 4.04. The number of aliphatic hydroxyl groups is 1. The van der Waals surface area contributed by atoms with E-state index in [1.165, 1.54) is 0 Å². The molecule has 2 aromatic rings. The molecule has 0 saturated heterocycles. The van der Waals surface area contributed by atoms with E-state index >= 15 is 0 Å². The Morgan fingerprint density at radius 2 is 1.96 bits per heavy atom. The Kier molecular flexibility index (Phi) is 4.90. The van der Waals surface area contributed by atoms with Crippen molar-refractivity contribution >= 4 is 22.3 Å². The zero-order chi connectivity index (χ0) is 16.9. The average molecular weight is 319 g/mol. The van der Waals surface area contributed by atoms with Gasteiger partial charge in [0.2, 0.25) is 0 Å². The van der Waals surface area contributed by atoms with Crippen LogP contribution in [0.25, 0.3) is 10.8 Å². The molecule has 0 unspecified atom stereocenters. The number of ketones is 1. The summed E-state index contributed by atoms with van der Waals surface area (Å²) in [7, 11) is 0. The molecule has 122 valence electrons. The maximum absolute atomic E-state index is 12.3. The summed E-state index contributed by atoms with van der Waals surface area (Å²) < 4.78 is 0. The van der Waals surface area contributed by atoms with Crippen LogP contribution in [-0.2, 0) is 11.2 Å². The van der Waals surface area contributed by atoms with Crippen molar-refractivity contribution in [1.29, 1.82) is 0 Å². The lowest BCUT2D eigenvalue weighted by molar-refractivity contribution is -0.115. The van der Waals surface area contributed by atoms with Gasteiger partial charge < -0.3 is 5.11 Å². The van der Waals surface area contributed by atoms with Crippen molar-refractivity contribution in [3.05, 3.63) is 72.0 Å². The molecular weight excluding hydrogens is 298 g/mol. The van der Waals surface area contributed by atoms with Gasteiger partial charge in [-0.05, 0) is 29.2 Å². The lowest BCUT2D eigenvalue weighted by Gasteiger charge is -2.18. The molecule has 2 aromatic carbocycles. The quantitative estimate of drug-likeness (QED) is 0.509. The molecule has 1 N–H and O–H groups in total. The molecule has 0 aliphatic heterocycles. The molecule has 1 aliphatic rings. The summed E-state index contributed by atoms with van der Waals surface area (Å²) in [6, 6.07) is 14.1. The molecule has 1 saturated carbocycles. The largest absolute Gasteiger partial charge is 0.511 e. The second-order valence-corrected chi connectivity index (χ2v) is 5.99. The second-order valence-electron chi connectivity index (χ2n) is 5.99. The summed E-state index contributed by atoms with van der Waals surface area (Å²) in [4.78, 5) is 16.8. The SMILES string of the molecule is C=CCN=C1CCCC(=O)/C1=C(\O)Cc1cccc2ccccc12. The van der Waals surface area contributed by atoms with Crippen LogP contribution in [0.3, 0.4) is 0 Å². The zero-order valence-corrected chi connectivity index (χ0v) is 13.7. The standard InChI is InChI=1S/C21H21NO2/c1-2-13-22-18-11-6-12-19(23)21(18)20(24)14-16-9-5-8-15-7-3-4-10-17(15)16/h2-5,7-10,24H,1,6,11-14H2/b21-20-,22-18?. The maximum atomic E-state index is 12.3. The van der Waals surface area contributed by atoms with E-state index in [0.717, 1.165) is 29.2 Å². The summed E-state index contributed by atoms with van der Waals surface area (Å²) in [5.41, 5.74) is 2.14. The summed E-state index contributed by atoms with van der Waals surface area (Å²) in [5, 5.41) is 12.9. The van der Waals surface area contributed by atoms with Gasteiger partial charge in [0.25, 0.3) is 0 Å². The number of rotatable bonds is 4. The van der Waals surface area contributed by atoms with Crippen LogP contribution in [-0.4, -0.2) is 23.1 Å². The molecule has 0 atom stereocenters. The van der Waals surface area contributed by atoms with E-state index in [4.69, 9.17) is 0 Å². The number of carbonyl (C=O) groups excluding carboxylic acids is 1. The van der Waals surface area contributed by atoms with Crippen molar-refractivity contribution in [2.45, 2.75) is 25.7 Å². The Morgan fingerprint density at radius 1 is 1.17 bits per heavy atom. The van der Waals surface area contributed by atoms with E-state index in [9.17, 15) is 9.90 Å². The molecule has 3 rings (SSSR count). The number of nitrogens with zero attached hydrogens (tertiary/aromatic N) is 1. The fourth-order valence-corrected chi connectivity index (χ4v) is 3.20. The van der Waals surface area contributed by atoms with Crippen molar-refractivity contribution in [3.8, 4) is 0 Å². The number of hydrogen-bond donors (Lipinski definition) is 1. The third-order valence-electron chi connectivity index (χ3n) is 4.32. The van der Waals surface area contributed by atoms with Crippen molar-refractivity contribution in [2.24, 2.45) is 4.99 Å². The maximum Gasteiger partial charge on any atom is 0.168 e. The van der Waals surface area contributed by atoms with E-state index in [2.05, 4.69) is 11.6 Å². The predicted molar refractivity (Wildman–Crippen MR) is 98.7 cm³/mol. The summed E-state index contributed by atoms with van der Waals surface area (Å²) in [5.74, 6) is 0.112. The minimum atomic E-state index is -0.0122. The van der Waals surface area contributed by atoms with Crippen molar-refractivity contribution < 1.29 is 9.90 Å². The highest BCUT2D eigenvalue weighted by Crippen LogP contribution is 2.25. The van der Waals surface area contributed by atoms with Gasteiger partial charge in [-0.15, -0.1) is 6.58 Å². The van der Waals surface area contributed by atoms with Crippen LogP contribution < -0.4 is 0 Å². The number of Topliss-reactive ketones (excluding diaryl/α,β-unsaturated/α-hetero) is 1. The second kappa shape index (κ2) is 7.26. The zero-order valence-electron chi connectivity index (χ0n) is 13.7. The van der Waals surface area contributed by atoms with Gasteiger partial charge in [-0.3, -0.25) is 9.79 Å². The Bertz CT molecular complexity index is 841. The number of fused-ring (bicyclic) bond motifs is 1. The first-order valence-electron chi connectivity index (χ1n) is 8.27. The first-order chi connectivity index (χ1) is 11.7. The smallest absolute Gasteiger partial charge is 0.168 e. The highest BCUT2D eigenvalue weighted by Gasteiger charge is 2.25. The molecule has 3 nitrogen and oxygen atoms in total. The monoisotopic (exact) mass is 319 g/mol. The van der Waals surface area contributed by atoms with Crippen molar-refractivity contribution in [1.82, 2.24) is 0 Å². The van der Waals surface area contributed by atoms with Gasteiger partial charge in [-0.2, -0.15) is 0 Å². The highest BCUT2D eigenvalue weighted by atomic mass is 16.3. The first-order valence-corrected chi connectivity index (χ1v) is 8.27. The topological polar surface area (TPSA) is 49.7 Å². The molecule has 0 spiro atoms. The summed E-state index contributed by atoms with van der Waals surface area (Å²) in [6.45, 7) is 4.13. The minimum Gasteiger partial charge on any atom is -0.511 e. The van der Waals surface area contributed by atoms with Gasteiger partial charge in [-0.1, -0.05) is 48.5 Å². The van der Waals surface area contributed by atoms with E-state index in [1.54, 1.807) is 6.08 Å². The van der Waals surface area contributed by atoms with Crippen LogP contribution in [0.5, 0.6) is 0 Å². The number of benzene rings is 2. The number of aliphatic hydroxyl groups excluding tert-OH is 1. The molecule has 3 heteroatoms. The Labute approximate surface area is 142 Å². The van der Waals surface area contributed by atoms with Gasteiger partial charge in [0.05, 0.1) is 12.1 Å². The normalized spacial score (nSPS) is 18.8. The number of allylic oxidation sites excluding steroid dienone is 2. The van der Waals surface area contributed by atoms with Gasteiger partial charge in [-0.25, -0.2) is 0 Å². The van der Waals surface area contributed by atoms with Crippen molar-refractivity contribution in [2.75, 3.05) is 6.54 Å². The minimum absolute atomic E-state index is 0.0122. The lowest BCUT2D eigenvalue weighted by Crippen LogP contribution is -2.22. The molecule has 1 fully saturated rings. The first kappa shape index (κ1) is 16.2. The lowest BCUT2D eigenvalue weighted by atomic mass is 9.88.